The first-order chi connectivity index (χ1) is 7.47. The van der Waals surface area contributed by atoms with Gasteiger partial charge in [0, 0.05) is 6.42 Å². The van der Waals surface area contributed by atoms with Crippen LogP contribution < -0.4 is 0 Å². The number of thiocarbonyl (C=S) groups is 1. The van der Waals surface area contributed by atoms with E-state index in [2.05, 4.69) is 45.0 Å². The van der Waals surface area contributed by atoms with Gasteiger partial charge in [0.2, 0.25) is 0 Å². The number of rotatable bonds is 3. The molecule has 0 spiro atoms. The van der Waals surface area contributed by atoms with Gasteiger partial charge in [0.25, 0.3) is 0 Å². The van der Waals surface area contributed by atoms with E-state index in [1.165, 1.54) is 5.56 Å². The first-order valence-corrected chi connectivity index (χ1v) is 6.44. The molecule has 0 bridgehead atoms. The maximum Gasteiger partial charge on any atom is 0.00384 e. The molecule has 0 aliphatic rings. The Morgan fingerprint density at radius 2 is 1.56 bits per heavy atom. The second kappa shape index (κ2) is 7.56. The maximum absolute atomic E-state index is 5.38. The monoisotopic (exact) mass is 236 g/mol. The summed E-state index contributed by atoms with van der Waals surface area (Å²) in [4.78, 5) is 1.16. The SMILES string of the molecule is CC.CC(C)(C)CC(=S)Cc1ccccc1. The molecule has 0 aliphatic heterocycles. The highest BCUT2D eigenvalue weighted by molar-refractivity contribution is 7.80. The van der Waals surface area contributed by atoms with Gasteiger partial charge < -0.3 is 0 Å². The van der Waals surface area contributed by atoms with Gasteiger partial charge in [-0.3, -0.25) is 0 Å². The van der Waals surface area contributed by atoms with Gasteiger partial charge in [0.05, 0.1) is 0 Å². The van der Waals surface area contributed by atoms with Gasteiger partial charge in [-0.2, -0.15) is 0 Å². The van der Waals surface area contributed by atoms with Crippen molar-refractivity contribution in [2.75, 3.05) is 0 Å². The van der Waals surface area contributed by atoms with Crippen LogP contribution in [0.25, 0.3) is 0 Å². The van der Waals surface area contributed by atoms with E-state index in [-0.39, 0.29) is 0 Å². The molecule has 1 rings (SSSR count). The molecule has 0 N–H and O–H groups in total. The molecule has 1 aromatic carbocycles. The lowest BCUT2D eigenvalue weighted by Gasteiger charge is -2.18. The van der Waals surface area contributed by atoms with Gasteiger partial charge in [0.1, 0.15) is 0 Å². The molecule has 1 heteroatoms. The van der Waals surface area contributed by atoms with Gasteiger partial charge >= 0.3 is 0 Å². The van der Waals surface area contributed by atoms with E-state index in [9.17, 15) is 0 Å². The van der Waals surface area contributed by atoms with Crippen LogP contribution in [0.4, 0.5) is 0 Å². The van der Waals surface area contributed by atoms with Crippen molar-refractivity contribution in [2.45, 2.75) is 47.5 Å². The van der Waals surface area contributed by atoms with Crippen LogP contribution in [0.15, 0.2) is 30.3 Å². The zero-order valence-electron chi connectivity index (χ0n) is 11.2. The summed E-state index contributed by atoms with van der Waals surface area (Å²) in [5.41, 5.74) is 1.63. The topological polar surface area (TPSA) is 0 Å². The van der Waals surface area contributed by atoms with E-state index in [1.54, 1.807) is 0 Å². The molecule has 0 atom stereocenters. The predicted octanol–water partition coefficient (Wildman–Crippen LogP) is 5.06. The van der Waals surface area contributed by atoms with Crippen molar-refractivity contribution in [3.63, 3.8) is 0 Å². The summed E-state index contributed by atoms with van der Waals surface area (Å²) in [5, 5.41) is 0. The molecule has 1 aromatic rings. The summed E-state index contributed by atoms with van der Waals surface area (Å²) in [7, 11) is 0. The molecule has 0 amide bonds. The minimum atomic E-state index is 0.311. The van der Waals surface area contributed by atoms with Crippen LogP contribution in [0.3, 0.4) is 0 Å². The number of hydrogen-bond donors (Lipinski definition) is 0. The highest BCUT2D eigenvalue weighted by Gasteiger charge is 2.13. The first-order valence-electron chi connectivity index (χ1n) is 6.03. The van der Waals surface area contributed by atoms with Gasteiger partial charge in [-0.1, -0.05) is 77.2 Å². The molecule has 16 heavy (non-hydrogen) atoms. The third kappa shape index (κ3) is 7.58. The van der Waals surface area contributed by atoms with Gasteiger partial charge in [0.15, 0.2) is 0 Å². The van der Waals surface area contributed by atoms with E-state index >= 15 is 0 Å². The molecule has 0 radical (unpaired) electrons. The van der Waals surface area contributed by atoms with Crippen LogP contribution in [-0.4, -0.2) is 4.86 Å². The fraction of sp³-hybridized carbons (Fsp3) is 0.533. The summed E-state index contributed by atoms with van der Waals surface area (Å²) >= 11 is 5.38. The fourth-order valence-corrected chi connectivity index (χ4v) is 2.08. The minimum absolute atomic E-state index is 0.311. The Bertz CT molecular complexity index is 293. The molecule has 0 saturated heterocycles. The van der Waals surface area contributed by atoms with E-state index in [1.807, 2.05) is 19.9 Å². The Hall–Kier alpha value is -0.690. The highest BCUT2D eigenvalue weighted by atomic mass is 32.1. The average Bonchev–Trinajstić information content (AvgIpc) is 2.19. The van der Waals surface area contributed by atoms with E-state index in [0.717, 1.165) is 17.7 Å². The minimum Gasteiger partial charge on any atom is -0.0893 e. The van der Waals surface area contributed by atoms with Crippen molar-refractivity contribution in [3.8, 4) is 0 Å². The van der Waals surface area contributed by atoms with Crippen LogP contribution in [0.1, 0.15) is 46.6 Å². The van der Waals surface area contributed by atoms with Crippen LogP contribution >= 0.6 is 12.2 Å². The lowest BCUT2D eigenvalue weighted by molar-refractivity contribution is 0.434. The van der Waals surface area contributed by atoms with Crippen LogP contribution in [0.2, 0.25) is 0 Å². The van der Waals surface area contributed by atoms with Crippen LogP contribution in [0, 0.1) is 5.41 Å². The molecule has 0 heterocycles. The van der Waals surface area contributed by atoms with Crippen molar-refractivity contribution in [2.24, 2.45) is 5.41 Å². The number of benzene rings is 1. The molecule has 0 aliphatic carbocycles. The quantitative estimate of drug-likeness (QED) is 0.661. The molecular formula is C15H24S. The van der Waals surface area contributed by atoms with Gasteiger partial charge in [-0.05, 0) is 22.3 Å². The molecular weight excluding hydrogens is 212 g/mol. The van der Waals surface area contributed by atoms with E-state index < -0.39 is 0 Å². The smallest absolute Gasteiger partial charge is 0.00384 e. The Labute approximate surface area is 106 Å². The van der Waals surface area contributed by atoms with Crippen LogP contribution in [-0.2, 0) is 6.42 Å². The lowest BCUT2D eigenvalue weighted by Crippen LogP contribution is -2.13. The summed E-state index contributed by atoms with van der Waals surface area (Å²) in [6.45, 7) is 10.7. The Morgan fingerprint density at radius 1 is 1.06 bits per heavy atom. The van der Waals surface area contributed by atoms with Crippen molar-refractivity contribution in [3.05, 3.63) is 35.9 Å². The second-order valence-electron chi connectivity index (χ2n) is 4.94. The summed E-state index contributed by atoms with van der Waals surface area (Å²) in [6, 6.07) is 10.4. The van der Waals surface area contributed by atoms with E-state index in [0.29, 0.717) is 5.41 Å². The Balaban J connectivity index is 0.00000106. The number of hydrogen-bond acceptors (Lipinski definition) is 1. The summed E-state index contributed by atoms with van der Waals surface area (Å²) in [6.07, 6.45) is 1.96. The van der Waals surface area contributed by atoms with Gasteiger partial charge in [-0.25, -0.2) is 0 Å². The molecule has 0 unspecified atom stereocenters. The zero-order valence-corrected chi connectivity index (χ0v) is 12.0. The molecule has 0 nitrogen and oxygen atoms in total. The standard InChI is InChI=1S/C13H18S.C2H6/c1-13(2,3)10-12(14)9-11-7-5-4-6-8-11;1-2/h4-8H,9-10H2,1-3H3;1-2H3. The summed E-state index contributed by atoms with van der Waals surface area (Å²) < 4.78 is 0. The lowest BCUT2D eigenvalue weighted by atomic mass is 9.89. The average molecular weight is 236 g/mol. The van der Waals surface area contributed by atoms with Crippen molar-refractivity contribution in [1.82, 2.24) is 0 Å². The van der Waals surface area contributed by atoms with Crippen molar-refractivity contribution >= 4 is 17.1 Å². The highest BCUT2D eigenvalue weighted by Crippen LogP contribution is 2.20. The third-order valence-corrected chi connectivity index (χ3v) is 2.26. The molecule has 90 valence electrons. The third-order valence-electron chi connectivity index (χ3n) is 1.97. The Kier molecular flexibility index (Phi) is 7.24. The molecule has 0 saturated carbocycles. The van der Waals surface area contributed by atoms with Crippen molar-refractivity contribution in [1.29, 1.82) is 0 Å². The molecule has 0 aromatic heterocycles. The van der Waals surface area contributed by atoms with Crippen molar-refractivity contribution < 1.29 is 0 Å². The normalized spacial score (nSPS) is 10.3. The van der Waals surface area contributed by atoms with Crippen LogP contribution in [0.5, 0.6) is 0 Å². The fourth-order valence-electron chi connectivity index (χ4n) is 1.48. The largest absolute Gasteiger partial charge is 0.0893 e. The van der Waals surface area contributed by atoms with E-state index in [4.69, 9.17) is 12.2 Å². The zero-order chi connectivity index (χ0) is 12.6. The predicted molar refractivity (Wildman–Crippen MR) is 78.2 cm³/mol. The molecule has 0 fully saturated rings. The maximum atomic E-state index is 5.38. The first kappa shape index (κ1) is 15.3. The van der Waals surface area contributed by atoms with Gasteiger partial charge in [-0.15, -0.1) is 0 Å². The second-order valence-corrected chi connectivity index (χ2v) is 5.52. The summed E-state index contributed by atoms with van der Waals surface area (Å²) in [5.74, 6) is 0. The Morgan fingerprint density at radius 3 is 2.00 bits per heavy atom.